The number of amides is 1. The Morgan fingerprint density at radius 1 is 1.06 bits per heavy atom. The predicted octanol–water partition coefficient (Wildman–Crippen LogP) is 3.78. The molecule has 0 atom stereocenters. The van der Waals surface area contributed by atoms with Crippen molar-refractivity contribution in [2.75, 3.05) is 51.3 Å². The van der Waals surface area contributed by atoms with Gasteiger partial charge in [0.05, 0.1) is 11.8 Å². The lowest BCUT2D eigenvalue weighted by atomic mass is 10.1. The number of carbonyl (C=O) groups excluding carboxylic acids is 1. The van der Waals surface area contributed by atoms with E-state index in [-0.39, 0.29) is 5.91 Å². The molecule has 7 heteroatoms. The molecule has 1 saturated heterocycles. The molecule has 1 amide bonds. The third-order valence-corrected chi connectivity index (χ3v) is 7.29. The molecule has 4 rings (SSSR count). The van der Waals surface area contributed by atoms with Gasteiger partial charge in [-0.15, -0.1) is 0 Å². The second-order valence-electron chi connectivity index (χ2n) is 8.14. The Hall–Kier alpha value is -2.64. The largest absolute Gasteiger partial charge is 0.494 e. The average molecular weight is 439 g/mol. The fourth-order valence-electron chi connectivity index (χ4n) is 3.87. The highest BCUT2D eigenvalue weighted by atomic mass is 32.1. The zero-order valence-corrected chi connectivity index (χ0v) is 19.5. The SMILES string of the molecule is COc1ccc(C)c2sc(N3CCN(CCNC(=O)c4ccc(C)c(C)c4)CC3)nc12. The Morgan fingerprint density at radius 3 is 2.52 bits per heavy atom. The maximum atomic E-state index is 12.4. The highest BCUT2D eigenvalue weighted by Gasteiger charge is 2.21. The number of thiazole rings is 1. The second kappa shape index (κ2) is 9.24. The lowest BCUT2D eigenvalue weighted by molar-refractivity contribution is 0.0947. The van der Waals surface area contributed by atoms with Crippen LogP contribution in [0.1, 0.15) is 27.0 Å². The number of nitrogens with one attached hydrogen (secondary N) is 1. The maximum Gasteiger partial charge on any atom is 0.251 e. The molecular formula is C24H30N4O2S. The fraction of sp³-hybridized carbons (Fsp3) is 0.417. The van der Waals surface area contributed by atoms with Crippen molar-refractivity contribution >= 4 is 32.6 Å². The molecular weight excluding hydrogens is 408 g/mol. The number of rotatable bonds is 6. The summed E-state index contributed by atoms with van der Waals surface area (Å²) in [5.41, 5.74) is 5.27. The lowest BCUT2D eigenvalue weighted by Crippen LogP contribution is -2.48. The molecule has 0 unspecified atom stereocenters. The van der Waals surface area contributed by atoms with Gasteiger partial charge < -0.3 is 15.0 Å². The zero-order chi connectivity index (χ0) is 22.0. The number of ether oxygens (including phenoxy) is 1. The number of carbonyl (C=O) groups is 1. The van der Waals surface area contributed by atoms with Crippen LogP contribution in [0.2, 0.25) is 0 Å². The van der Waals surface area contributed by atoms with Crippen LogP contribution in [0.5, 0.6) is 5.75 Å². The molecule has 31 heavy (non-hydrogen) atoms. The van der Waals surface area contributed by atoms with E-state index in [0.29, 0.717) is 6.54 Å². The Kier molecular flexibility index (Phi) is 6.43. The highest BCUT2D eigenvalue weighted by molar-refractivity contribution is 7.22. The van der Waals surface area contributed by atoms with Gasteiger partial charge in [0, 0.05) is 44.8 Å². The fourth-order valence-corrected chi connectivity index (χ4v) is 4.98. The van der Waals surface area contributed by atoms with Crippen molar-refractivity contribution in [3.05, 3.63) is 52.6 Å². The van der Waals surface area contributed by atoms with E-state index < -0.39 is 0 Å². The summed E-state index contributed by atoms with van der Waals surface area (Å²) >= 11 is 1.74. The van der Waals surface area contributed by atoms with Gasteiger partial charge in [-0.25, -0.2) is 4.98 Å². The standard InChI is InChI=1S/C24H30N4O2S/c1-16-5-7-19(15-18(16)3)23(29)25-9-10-27-11-13-28(14-12-27)24-26-21-20(30-4)8-6-17(2)22(21)31-24/h5-8,15H,9-14H2,1-4H3,(H,25,29). The number of aromatic nitrogens is 1. The third kappa shape index (κ3) is 4.67. The number of anilines is 1. The van der Waals surface area contributed by atoms with Crippen LogP contribution in [-0.2, 0) is 0 Å². The summed E-state index contributed by atoms with van der Waals surface area (Å²) in [6.07, 6.45) is 0. The van der Waals surface area contributed by atoms with E-state index in [0.717, 1.165) is 60.2 Å². The van der Waals surface area contributed by atoms with Crippen LogP contribution < -0.4 is 15.0 Å². The van der Waals surface area contributed by atoms with E-state index in [2.05, 4.69) is 35.0 Å². The van der Waals surface area contributed by atoms with Crippen LogP contribution in [0.15, 0.2) is 30.3 Å². The quantitative estimate of drug-likeness (QED) is 0.635. The summed E-state index contributed by atoms with van der Waals surface area (Å²) in [5, 5.41) is 4.11. The molecule has 2 aromatic carbocycles. The van der Waals surface area contributed by atoms with Crippen molar-refractivity contribution in [2.45, 2.75) is 20.8 Å². The number of methoxy groups -OCH3 is 1. The van der Waals surface area contributed by atoms with Crippen molar-refractivity contribution < 1.29 is 9.53 Å². The first-order valence-corrected chi connectivity index (χ1v) is 11.5. The van der Waals surface area contributed by atoms with Gasteiger partial charge in [-0.3, -0.25) is 9.69 Å². The van der Waals surface area contributed by atoms with Crippen molar-refractivity contribution in [1.82, 2.24) is 15.2 Å². The molecule has 0 spiro atoms. The van der Waals surface area contributed by atoms with Crippen molar-refractivity contribution in [3.63, 3.8) is 0 Å². The van der Waals surface area contributed by atoms with Crippen LogP contribution in [0.4, 0.5) is 5.13 Å². The van der Waals surface area contributed by atoms with Gasteiger partial charge in [-0.05, 0) is 55.7 Å². The van der Waals surface area contributed by atoms with Gasteiger partial charge in [-0.1, -0.05) is 23.5 Å². The monoisotopic (exact) mass is 438 g/mol. The molecule has 3 aromatic rings. The van der Waals surface area contributed by atoms with E-state index in [1.54, 1.807) is 18.4 Å². The molecule has 0 saturated carbocycles. The van der Waals surface area contributed by atoms with E-state index in [4.69, 9.17) is 9.72 Å². The third-order valence-electron chi connectivity index (χ3n) is 6.04. The van der Waals surface area contributed by atoms with Crippen LogP contribution in [0.25, 0.3) is 10.2 Å². The van der Waals surface area contributed by atoms with E-state index >= 15 is 0 Å². The molecule has 1 aromatic heterocycles. The minimum absolute atomic E-state index is 0.000490. The molecule has 164 valence electrons. The van der Waals surface area contributed by atoms with E-state index in [1.165, 1.54) is 15.8 Å². The summed E-state index contributed by atoms with van der Waals surface area (Å²) in [7, 11) is 1.70. The summed E-state index contributed by atoms with van der Waals surface area (Å²) in [5.74, 6) is 0.835. The van der Waals surface area contributed by atoms with Gasteiger partial charge in [0.2, 0.25) is 0 Å². The number of hydrogen-bond acceptors (Lipinski definition) is 6. The van der Waals surface area contributed by atoms with E-state index in [9.17, 15) is 4.79 Å². The van der Waals surface area contributed by atoms with Gasteiger partial charge in [0.15, 0.2) is 5.13 Å². The summed E-state index contributed by atoms with van der Waals surface area (Å²) in [4.78, 5) is 22.0. The first-order valence-electron chi connectivity index (χ1n) is 10.7. The summed E-state index contributed by atoms with van der Waals surface area (Å²) in [6, 6.07) is 9.94. The molecule has 1 N–H and O–H groups in total. The molecule has 1 aliphatic heterocycles. The summed E-state index contributed by atoms with van der Waals surface area (Å²) in [6.45, 7) is 11.5. The van der Waals surface area contributed by atoms with Crippen LogP contribution in [-0.4, -0.2) is 62.2 Å². The van der Waals surface area contributed by atoms with Crippen molar-refractivity contribution in [2.24, 2.45) is 0 Å². The minimum atomic E-state index is 0.000490. The molecule has 1 fully saturated rings. The lowest BCUT2D eigenvalue weighted by Gasteiger charge is -2.34. The van der Waals surface area contributed by atoms with Gasteiger partial charge in [0.25, 0.3) is 5.91 Å². The number of piperazine rings is 1. The second-order valence-corrected chi connectivity index (χ2v) is 9.12. The Bertz CT molecular complexity index is 1090. The molecule has 2 heterocycles. The topological polar surface area (TPSA) is 57.7 Å². The first-order chi connectivity index (χ1) is 15.0. The summed E-state index contributed by atoms with van der Waals surface area (Å²) < 4.78 is 6.69. The number of aryl methyl sites for hydroxylation is 3. The average Bonchev–Trinajstić information content (AvgIpc) is 3.23. The van der Waals surface area contributed by atoms with Gasteiger partial charge in [-0.2, -0.15) is 0 Å². The Balaban J connectivity index is 1.29. The molecule has 1 aliphatic rings. The number of benzene rings is 2. The highest BCUT2D eigenvalue weighted by Crippen LogP contribution is 2.36. The van der Waals surface area contributed by atoms with Crippen molar-refractivity contribution in [3.8, 4) is 5.75 Å². The smallest absolute Gasteiger partial charge is 0.251 e. The van der Waals surface area contributed by atoms with Crippen LogP contribution in [0.3, 0.4) is 0 Å². The number of nitrogens with zero attached hydrogens (tertiary/aromatic N) is 3. The Morgan fingerprint density at radius 2 is 1.81 bits per heavy atom. The first kappa shape index (κ1) is 21.6. The molecule has 0 aliphatic carbocycles. The molecule has 0 bridgehead atoms. The van der Waals surface area contributed by atoms with E-state index in [1.807, 2.05) is 31.2 Å². The van der Waals surface area contributed by atoms with Crippen LogP contribution in [0, 0.1) is 20.8 Å². The van der Waals surface area contributed by atoms with Gasteiger partial charge >= 0.3 is 0 Å². The minimum Gasteiger partial charge on any atom is -0.494 e. The molecule has 6 nitrogen and oxygen atoms in total. The van der Waals surface area contributed by atoms with Crippen molar-refractivity contribution in [1.29, 1.82) is 0 Å². The predicted molar refractivity (Wildman–Crippen MR) is 128 cm³/mol. The van der Waals surface area contributed by atoms with Crippen LogP contribution >= 0.6 is 11.3 Å². The maximum absolute atomic E-state index is 12.4. The number of fused-ring (bicyclic) bond motifs is 1. The number of hydrogen-bond donors (Lipinski definition) is 1. The van der Waals surface area contributed by atoms with Gasteiger partial charge in [0.1, 0.15) is 11.3 Å². The Labute approximate surface area is 187 Å². The molecule has 0 radical (unpaired) electrons. The normalized spacial score (nSPS) is 14.8. The zero-order valence-electron chi connectivity index (χ0n) is 18.7.